The number of benzene rings is 2. The highest BCUT2D eigenvalue weighted by Gasteiger charge is 2.39. The molecule has 1 atom stereocenters. The van der Waals surface area contributed by atoms with Gasteiger partial charge in [0.15, 0.2) is 11.6 Å². The van der Waals surface area contributed by atoms with E-state index >= 15 is 0 Å². The Hall–Kier alpha value is -2.93. The fraction of sp³-hybridized carbons (Fsp3) is 0.481. The van der Waals surface area contributed by atoms with Gasteiger partial charge in [-0.25, -0.2) is 4.39 Å². The first-order valence-corrected chi connectivity index (χ1v) is 12.0. The summed E-state index contributed by atoms with van der Waals surface area (Å²) in [6.45, 7) is 1.93. The lowest BCUT2D eigenvalue weighted by Gasteiger charge is -2.38. The molecule has 2 heterocycles. The maximum absolute atomic E-state index is 13.8. The van der Waals surface area contributed by atoms with Gasteiger partial charge in [-0.1, -0.05) is 36.4 Å². The van der Waals surface area contributed by atoms with Gasteiger partial charge in [-0.05, 0) is 55.4 Å². The van der Waals surface area contributed by atoms with Crippen LogP contribution in [0.4, 0.5) is 4.39 Å². The topological polar surface area (TPSA) is 76.7 Å². The van der Waals surface area contributed by atoms with Crippen molar-refractivity contribution in [1.29, 1.82) is 0 Å². The Bertz CT molecular complexity index is 1010. The number of methoxy groups -OCH3 is 1. The quantitative estimate of drug-likeness (QED) is 0.589. The van der Waals surface area contributed by atoms with Crippen molar-refractivity contribution in [1.82, 2.24) is 10.6 Å². The molecule has 0 radical (unpaired) electrons. The second-order valence-corrected chi connectivity index (χ2v) is 9.51. The van der Waals surface area contributed by atoms with E-state index in [0.29, 0.717) is 51.9 Å². The average molecular weight is 469 g/mol. The molecular weight excluding hydrogens is 435 g/mol. The number of hydrogen-bond acceptors (Lipinski definition) is 4. The normalized spacial score (nSPS) is 21.6. The lowest BCUT2D eigenvalue weighted by Crippen LogP contribution is -2.46. The van der Waals surface area contributed by atoms with E-state index in [-0.39, 0.29) is 23.0 Å². The Labute approximate surface area is 200 Å². The first-order valence-electron chi connectivity index (χ1n) is 12.0. The summed E-state index contributed by atoms with van der Waals surface area (Å²) < 4.78 is 24.5. The Morgan fingerprint density at radius 2 is 1.91 bits per heavy atom. The van der Waals surface area contributed by atoms with Crippen LogP contribution in [0, 0.1) is 5.82 Å². The summed E-state index contributed by atoms with van der Waals surface area (Å²) in [5.74, 6) is -0.285. The van der Waals surface area contributed by atoms with Crippen LogP contribution >= 0.6 is 0 Å². The molecule has 6 nitrogen and oxygen atoms in total. The highest BCUT2D eigenvalue weighted by Crippen LogP contribution is 2.35. The summed E-state index contributed by atoms with van der Waals surface area (Å²) >= 11 is 0. The summed E-state index contributed by atoms with van der Waals surface area (Å²) in [5, 5.41) is 6.25. The summed E-state index contributed by atoms with van der Waals surface area (Å²) in [5.41, 5.74) is 1.45. The van der Waals surface area contributed by atoms with Crippen LogP contribution in [-0.4, -0.2) is 44.2 Å². The van der Waals surface area contributed by atoms with Gasteiger partial charge in [0.25, 0.3) is 0 Å². The lowest BCUT2D eigenvalue weighted by atomic mass is 9.74. The standard InChI is InChI=1S/C27H33FN2O4/c1-33-23-17-20(7-8-22(23)28)18-27(12-10-25(32)30-27)11-9-24(31)29-19-26(13-15-34-16-14-26)21-5-3-2-4-6-21/h2-8,17H,9-16,18-19H2,1H3,(H,29,31)(H,30,32). The van der Waals surface area contributed by atoms with E-state index < -0.39 is 11.4 Å². The van der Waals surface area contributed by atoms with Crippen molar-refractivity contribution in [2.75, 3.05) is 26.9 Å². The molecule has 2 aliphatic rings. The van der Waals surface area contributed by atoms with Crippen LogP contribution in [0.15, 0.2) is 48.5 Å². The van der Waals surface area contributed by atoms with E-state index in [1.54, 1.807) is 12.1 Å². The molecule has 0 aliphatic carbocycles. The first kappa shape index (κ1) is 24.2. The highest BCUT2D eigenvalue weighted by atomic mass is 19.1. The Morgan fingerprint density at radius 1 is 1.15 bits per heavy atom. The molecule has 34 heavy (non-hydrogen) atoms. The van der Waals surface area contributed by atoms with Crippen molar-refractivity contribution >= 4 is 11.8 Å². The molecule has 4 rings (SSSR count). The minimum Gasteiger partial charge on any atom is -0.494 e. The van der Waals surface area contributed by atoms with E-state index in [1.807, 2.05) is 18.2 Å². The van der Waals surface area contributed by atoms with E-state index in [1.165, 1.54) is 18.7 Å². The van der Waals surface area contributed by atoms with Crippen LogP contribution in [0.1, 0.15) is 49.7 Å². The molecule has 2 aromatic rings. The Morgan fingerprint density at radius 3 is 2.59 bits per heavy atom. The molecule has 0 aromatic heterocycles. The number of nitrogens with one attached hydrogen (secondary N) is 2. The number of carbonyl (C=O) groups is 2. The predicted molar refractivity (Wildman–Crippen MR) is 127 cm³/mol. The maximum atomic E-state index is 13.8. The van der Waals surface area contributed by atoms with Crippen molar-refractivity contribution < 1.29 is 23.5 Å². The van der Waals surface area contributed by atoms with Crippen LogP contribution in [0.5, 0.6) is 5.75 Å². The van der Waals surface area contributed by atoms with E-state index in [0.717, 1.165) is 18.4 Å². The van der Waals surface area contributed by atoms with Crippen molar-refractivity contribution in [3.05, 3.63) is 65.5 Å². The van der Waals surface area contributed by atoms with Crippen molar-refractivity contribution in [3.8, 4) is 5.75 Å². The molecule has 2 aliphatic heterocycles. The fourth-order valence-corrected chi connectivity index (χ4v) is 5.22. The van der Waals surface area contributed by atoms with Crippen LogP contribution in [-0.2, 0) is 26.2 Å². The van der Waals surface area contributed by atoms with Gasteiger partial charge in [0.2, 0.25) is 11.8 Å². The molecule has 2 amide bonds. The maximum Gasteiger partial charge on any atom is 0.220 e. The second-order valence-electron chi connectivity index (χ2n) is 9.51. The summed E-state index contributed by atoms with van der Waals surface area (Å²) in [6, 6.07) is 15.1. The smallest absolute Gasteiger partial charge is 0.220 e. The molecule has 2 N–H and O–H groups in total. The fourth-order valence-electron chi connectivity index (χ4n) is 5.22. The van der Waals surface area contributed by atoms with Crippen LogP contribution in [0.3, 0.4) is 0 Å². The number of rotatable bonds is 9. The van der Waals surface area contributed by atoms with Gasteiger partial charge < -0.3 is 20.1 Å². The zero-order chi connectivity index (χ0) is 24.0. The van der Waals surface area contributed by atoms with Crippen LogP contribution < -0.4 is 15.4 Å². The predicted octanol–water partition coefficient (Wildman–Crippen LogP) is 3.67. The van der Waals surface area contributed by atoms with Crippen molar-refractivity contribution in [3.63, 3.8) is 0 Å². The molecule has 1 unspecified atom stereocenters. The lowest BCUT2D eigenvalue weighted by molar-refractivity contribution is -0.123. The summed E-state index contributed by atoms with van der Waals surface area (Å²) in [7, 11) is 1.43. The van der Waals surface area contributed by atoms with Gasteiger partial charge in [-0.3, -0.25) is 9.59 Å². The van der Waals surface area contributed by atoms with E-state index in [9.17, 15) is 14.0 Å². The van der Waals surface area contributed by atoms with Crippen molar-refractivity contribution in [2.24, 2.45) is 0 Å². The minimum atomic E-state index is -0.521. The van der Waals surface area contributed by atoms with Crippen molar-refractivity contribution in [2.45, 2.75) is 55.9 Å². The van der Waals surface area contributed by atoms with E-state index in [2.05, 4.69) is 22.8 Å². The van der Waals surface area contributed by atoms with Gasteiger partial charge in [0.05, 0.1) is 7.11 Å². The zero-order valence-electron chi connectivity index (χ0n) is 19.7. The highest BCUT2D eigenvalue weighted by molar-refractivity contribution is 5.80. The van der Waals surface area contributed by atoms with Crippen LogP contribution in [0.25, 0.3) is 0 Å². The molecule has 0 bridgehead atoms. The monoisotopic (exact) mass is 468 g/mol. The molecular formula is C27H33FN2O4. The molecule has 2 saturated heterocycles. The third-order valence-electron chi connectivity index (χ3n) is 7.28. The number of carbonyl (C=O) groups excluding carboxylic acids is 2. The molecule has 0 saturated carbocycles. The van der Waals surface area contributed by atoms with Gasteiger partial charge in [-0.15, -0.1) is 0 Å². The number of ether oxygens (including phenoxy) is 2. The van der Waals surface area contributed by atoms with Gasteiger partial charge in [-0.2, -0.15) is 0 Å². The average Bonchev–Trinajstić information content (AvgIpc) is 3.24. The molecule has 182 valence electrons. The summed E-state index contributed by atoms with van der Waals surface area (Å²) in [6.07, 6.45) is 4.15. The van der Waals surface area contributed by atoms with Gasteiger partial charge >= 0.3 is 0 Å². The third-order valence-corrected chi connectivity index (χ3v) is 7.28. The number of halogens is 1. The SMILES string of the molecule is COc1cc(CC2(CCC(=O)NCC3(c4ccccc4)CCOCC3)CCC(=O)N2)ccc1F. The largest absolute Gasteiger partial charge is 0.494 e. The Kier molecular flexibility index (Phi) is 7.51. The minimum absolute atomic E-state index is 0.0141. The number of amides is 2. The summed E-state index contributed by atoms with van der Waals surface area (Å²) in [4.78, 5) is 25.0. The third kappa shape index (κ3) is 5.58. The molecule has 0 spiro atoms. The second kappa shape index (κ2) is 10.6. The zero-order valence-corrected chi connectivity index (χ0v) is 19.7. The molecule has 7 heteroatoms. The molecule has 2 aromatic carbocycles. The van der Waals surface area contributed by atoms with E-state index in [4.69, 9.17) is 9.47 Å². The van der Waals surface area contributed by atoms with Crippen LogP contribution in [0.2, 0.25) is 0 Å². The Balaban J connectivity index is 1.40. The number of hydrogen-bond donors (Lipinski definition) is 2. The van der Waals surface area contributed by atoms with Gasteiger partial charge in [0, 0.05) is 43.6 Å². The first-order chi connectivity index (χ1) is 16.4. The molecule has 2 fully saturated rings. The van der Waals surface area contributed by atoms with Gasteiger partial charge in [0.1, 0.15) is 0 Å².